The number of aryl methyl sites for hydroxylation is 1. The molecule has 0 N–H and O–H groups in total. The third-order valence-electron chi connectivity index (χ3n) is 4.50. The molecule has 7 heteroatoms. The molecule has 1 fully saturated rings. The fraction of sp³-hybridized carbons (Fsp3) is 0.556. The van der Waals surface area contributed by atoms with Crippen LogP contribution in [-0.4, -0.2) is 37.6 Å². The summed E-state index contributed by atoms with van der Waals surface area (Å²) in [7, 11) is 1.66. The maximum Gasteiger partial charge on any atom is 0.266 e. The van der Waals surface area contributed by atoms with E-state index in [1.54, 1.807) is 29.9 Å². The molecule has 0 atom stereocenters. The van der Waals surface area contributed by atoms with Crippen LogP contribution < -0.4 is 11.1 Å². The summed E-state index contributed by atoms with van der Waals surface area (Å²) in [6, 6.07) is 6.74. The van der Waals surface area contributed by atoms with Crippen LogP contribution in [0.2, 0.25) is 0 Å². The average molecular weight is 343 g/mol. The first-order valence-electron chi connectivity index (χ1n) is 8.56. The predicted octanol–water partition coefficient (Wildman–Crippen LogP) is 0.766. The van der Waals surface area contributed by atoms with Crippen molar-refractivity contribution >= 4 is 0 Å². The summed E-state index contributed by atoms with van der Waals surface area (Å²) in [5.74, 6) is 0.410. The van der Waals surface area contributed by atoms with Gasteiger partial charge in [-0.1, -0.05) is 20.8 Å². The van der Waals surface area contributed by atoms with Gasteiger partial charge in [0.05, 0.1) is 17.9 Å². The van der Waals surface area contributed by atoms with Crippen LogP contribution >= 0.6 is 0 Å². The van der Waals surface area contributed by atoms with Crippen LogP contribution in [0.4, 0.5) is 0 Å². The Morgan fingerprint density at radius 1 is 1.04 bits per heavy atom. The molecule has 0 amide bonds. The van der Waals surface area contributed by atoms with E-state index in [0.29, 0.717) is 12.5 Å². The number of nitrogens with zero attached hydrogens (tertiary/aromatic N) is 5. The highest BCUT2D eigenvalue weighted by atomic mass is 16.1. The first kappa shape index (κ1) is 17.5. The second-order valence-corrected chi connectivity index (χ2v) is 7.84. The Balaban J connectivity index is 1.59. The number of hydrogen-bond donors (Lipinski definition) is 0. The highest BCUT2D eigenvalue weighted by Gasteiger charge is 2.28. The second kappa shape index (κ2) is 6.55. The number of hydrogen-bond acceptors (Lipinski definition) is 5. The Hall–Kier alpha value is -2.28. The quantitative estimate of drug-likeness (QED) is 0.820. The Kier molecular flexibility index (Phi) is 4.60. The number of rotatable bonds is 4. The molecule has 1 aliphatic rings. The van der Waals surface area contributed by atoms with Crippen LogP contribution in [0.5, 0.6) is 0 Å². The molecule has 134 valence electrons. The SMILES string of the molecule is Cn1nc(CN2CC(Cn3nc(C(C)(C)C)ccc3=O)C2)ccc1=O. The van der Waals surface area contributed by atoms with Gasteiger partial charge in [0.1, 0.15) is 0 Å². The van der Waals surface area contributed by atoms with Crippen molar-refractivity contribution in [2.75, 3.05) is 13.1 Å². The fourth-order valence-corrected chi connectivity index (χ4v) is 3.01. The van der Waals surface area contributed by atoms with Crippen molar-refractivity contribution in [2.45, 2.75) is 39.3 Å². The maximum atomic E-state index is 12.1. The van der Waals surface area contributed by atoms with Crippen molar-refractivity contribution in [3.05, 3.63) is 56.4 Å². The lowest BCUT2D eigenvalue weighted by atomic mass is 9.92. The lowest BCUT2D eigenvalue weighted by Gasteiger charge is -2.39. The molecule has 7 nitrogen and oxygen atoms in total. The molecule has 2 aromatic rings. The molecule has 0 aromatic carbocycles. The molecule has 2 aromatic heterocycles. The summed E-state index contributed by atoms with van der Waals surface area (Å²) in [5, 5.41) is 8.78. The van der Waals surface area contributed by atoms with Gasteiger partial charge < -0.3 is 0 Å². The van der Waals surface area contributed by atoms with Gasteiger partial charge in [-0.3, -0.25) is 14.5 Å². The van der Waals surface area contributed by atoms with E-state index < -0.39 is 0 Å². The minimum Gasteiger partial charge on any atom is -0.297 e. The van der Waals surface area contributed by atoms with Gasteiger partial charge in [-0.15, -0.1) is 0 Å². The molecule has 25 heavy (non-hydrogen) atoms. The molecular weight excluding hydrogens is 318 g/mol. The van der Waals surface area contributed by atoms with Crippen molar-refractivity contribution in [3.8, 4) is 0 Å². The molecule has 0 spiro atoms. The van der Waals surface area contributed by atoms with Crippen molar-refractivity contribution in [3.63, 3.8) is 0 Å². The average Bonchev–Trinajstić information content (AvgIpc) is 2.49. The Morgan fingerprint density at radius 3 is 2.36 bits per heavy atom. The Labute approximate surface area is 146 Å². The highest BCUT2D eigenvalue weighted by molar-refractivity contribution is 5.10. The van der Waals surface area contributed by atoms with Crippen molar-refractivity contribution < 1.29 is 0 Å². The molecule has 0 unspecified atom stereocenters. The molecule has 1 aliphatic heterocycles. The van der Waals surface area contributed by atoms with E-state index in [2.05, 4.69) is 35.9 Å². The van der Waals surface area contributed by atoms with Crippen molar-refractivity contribution in [1.29, 1.82) is 0 Å². The van der Waals surface area contributed by atoms with Crippen LogP contribution in [-0.2, 0) is 25.6 Å². The molecular formula is C18H25N5O2. The van der Waals surface area contributed by atoms with Crippen LogP contribution in [0.15, 0.2) is 33.9 Å². The molecule has 0 saturated carbocycles. The van der Waals surface area contributed by atoms with Gasteiger partial charge in [0, 0.05) is 50.1 Å². The summed E-state index contributed by atoms with van der Waals surface area (Å²) in [6.07, 6.45) is 0. The monoisotopic (exact) mass is 343 g/mol. The minimum absolute atomic E-state index is 0.0498. The first-order chi connectivity index (χ1) is 11.7. The fourth-order valence-electron chi connectivity index (χ4n) is 3.01. The van der Waals surface area contributed by atoms with Gasteiger partial charge in [-0.25, -0.2) is 9.36 Å². The van der Waals surface area contributed by atoms with E-state index in [1.807, 2.05) is 6.07 Å². The highest BCUT2D eigenvalue weighted by Crippen LogP contribution is 2.20. The van der Waals surface area contributed by atoms with Crippen LogP contribution in [0.3, 0.4) is 0 Å². The van der Waals surface area contributed by atoms with E-state index >= 15 is 0 Å². The van der Waals surface area contributed by atoms with Gasteiger partial charge in [0.2, 0.25) is 0 Å². The predicted molar refractivity (Wildman–Crippen MR) is 95.4 cm³/mol. The molecule has 1 saturated heterocycles. The third kappa shape index (κ3) is 4.04. The van der Waals surface area contributed by atoms with E-state index in [-0.39, 0.29) is 16.5 Å². The lowest BCUT2D eigenvalue weighted by molar-refractivity contribution is 0.0745. The van der Waals surface area contributed by atoms with Crippen molar-refractivity contribution in [1.82, 2.24) is 24.5 Å². The third-order valence-corrected chi connectivity index (χ3v) is 4.50. The van der Waals surface area contributed by atoms with E-state index in [9.17, 15) is 9.59 Å². The first-order valence-corrected chi connectivity index (χ1v) is 8.56. The van der Waals surface area contributed by atoms with E-state index in [0.717, 1.165) is 31.0 Å². The summed E-state index contributed by atoms with van der Waals surface area (Å²) < 4.78 is 2.95. The van der Waals surface area contributed by atoms with Gasteiger partial charge in [0.15, 0.2) is 0 Å². The largest absolute Gasteiger partial charge is 0.297 e. The molecule has 0 aliphatic carbocycles. The lowest BCUT2D eigenvalue weighted by Crippen LogP contribution is -2.49. The zero-order valence-electron chi connectivity index (χ0n) is 15.3. The molecule has 0 radical (unpaired) electrons. The summed E-state index contributed by atoms with van der Waals surface area (Å²) in [4.78, 5) is 25.7. The van der Waals surface area contributed by atoms with Crippen LogP contribution in [0, 0.1) is 5.92 Å². The van der Waals surface area contributed by atoms with Crippen LogP contribution in [0.25, 0.3) is 0 Å². The van der Waals surface area contributed by atoms with Gasteiger partial charge >= 0.3 is 0 Å². The van der Waals surface area contributed by atoms with Gasteiger partial charge in [0.25, 0.3) is 11.1 Å². The van der Waals surface area contributed by atoms with Gasteiger partial charge in [-0.2, -0.15) is 10.2 Å². The number of aromatic nitrogens is 4. The van der Waals surface area contributed by atoms with E-state index in [1.165, 1.54) is 4.68 Å². The summed E-state index contributed by atoms with van der Waals surface area (Å²) >= 11 is 0. The topological polar surface area (TPSA) is 73.0 Å². The Morgan fingerprint density at radius 2 is 1.72 bits per heavy atom. The summed E-state index contributed by atoms with van der Waals surface area (Å²) in [5.41, 5.74) is 1.58. The van der Waals surface area contributed by atoms with E-state index in [4.69, 9.17) is 0 Å². The normalized spacial score (nSPS) is 16.0. The maximum absolute atomic E-state index is 12.1. The zero-order chi connectivity index (χ0) is 18.2. The minimum atomic E-state index is -0.102. The molecule has 3 rings (SSSR count). The molecule has 3 heterocycles. The smallest absolute Gasteiger partial charge is 0.266 e. The van der Waals surface area contributed by atoms with Crippen molar-refractivity contribution in [2.24, 2.45) is 13.0 Å². The number of likely N-dealkylation sites (tertiary alicyclic amines) is 1. The molecule has 0 bridgehead atoms. The zero-order valence-corrected chi connectivity index (χ0v) is 15.3. The standard InChI is InChI=1S/C18H25N5O2/c1-18(2,3)15-6-8-17(25)23(20-15)11-13-9-22(10-13)12-14-5-7-16(24)21(4)19-14/h5-8,13H,9-12H2,1-4H3. The van der Waals surface area contributed by atoms with Gasteiger partial charge in [-0.05, 0) is 12.1 Å². The second-order valence-electron chi connectivity index (χ2n) is 7.84. The summed E-state index contributed by atoms with van der Waals surface area (Å²) in [6.45, 7) is 9.44. The Bertz CT molecular complexity index is 872. The van der Waals surface area contributed by atoms with Crippen LogP contribution in [0.1, 0.15) is 32.2 Å².